The molecule has 6 aromatic rings. The van der Waals surface area contributed by atoms with Gasteiger partial charge in [0, 0.05) is 23.1 Å². The fourth-order valence-electron chi connectivity index (χ4n) is 5.39. The summed E-state index contributed by atoms with van der Waals surface area (Å²) in [6, 6.07) is 58.0. The van der Waals surface area contributed by atoms with Crippen LogP contribution in [0.1, 0.15) is 38.9 Å². The Hall–Kier alpha value is -5.66. The minimum Gasteiger partial charge on any atom is -0.317 e. The van der Waals surface area contributed by atoms with E-state index in [0.717, 1.165) is 16.9 Å². The number of rotatable bonds is 9. The number of hydrogen-bond donors (Lipinski definition) is 0. The van der Waals surface area contributed by atoms with Gasteiger partial charge >= 0.3 is 0 Å². The lowest BCUT2D eigenvalue weighted by Crippen LogP contribution is -2.10. The number of allylic oxidation sites excluding steroid dienone is 2. The first kappa shape index (κ1) is 29.4. The van der Waals surface area contributed by atoms with Crippen LogP contribution in [0.15, 0.2) is 182 Å². The fourth-order valence-corrected chi connectivity index (χ4v) is 5.39. The summed E-state index contributed by atoms with van der Waals surface area (Å²) in [6.07, 6.45) is 8.78. The summed E-state index contributed by atoms with van der Waals surface area (Å²) in [5.41, 5.74) is 13.0. The van der Waals surface area contributed by atoms with Crippen molar-refractivity contribution in [3.63, 3.8) is 0 Å². The van der Waals surface area contributed by atoms with E-state index in [-0.39, 0.29) is 0 Å². The van der Waals surface area contributed by atoms with Gasteiger partial charge in [0.25, 0.3) is 0 Å². The maximum Gasteiger partial charge on any atom is 0.0456 e. The number of para-hydroxylation sites is 1. The van der Waals surface area contributed by atoms with Gasteiger partial charge < -0.3 is 4.90 Å². The summed E-state index contributed by atoms with van der Waals surface area (Å²) in [7, 11) is 0. The smallest absolute Gasteiger partial charge is 0.0456 e. The Labute approximate surface area is 267 Å². The Bertz CT molecular complexity index is 1810. The summed E-state index contributed by atoms with van der Waals surface area (Å²) in [5.74, 6) is 0. The zero-order valence-electron chi connectivity index (χ0n) is 25.8. The molecule has 0 saturated heterocycles. The Morgan fingerprint density at radius 3 is 1.33 bits per heavy atom. The van der Waals surface area contributed by atoms with E-state index in [0.29, 0.717) is 0 Å². The molecule has 0 N–H and O–H groups in total. The van der Waals surface area contributed by atoms with Gasteiger partial charge in [-0.3, -0.25) is 0 Å². The van der Waals surface area contributed by atoms with E-state index in [1.165, 1.54) is 44.5 Å². The van der Waals surface area contributed by atoms with Gasteiger partial charge in [-0.05, 0) is 71.5 Å². The Morgan fingerprint density at radius 2 is 0.844 bits per heavy atom. The standard InChI is InChI=1S/C44H37N/c1-34-21-27-39(28-22-34)44(40-29-23-35(2)24-30-40)33-45(41-18-10-5-11-19-41)42-31-25-36(26-32-42)13-12-20-43(37-14-6-3-7-15-37)38-16-8-4-9-17-38/h3-33H,1-2H3/b13-12+. The molecule has 0 spiro atoms. The molecule has 0 amide bonds. The summed E-state index contributed by atoms with van der Waals surface area (Å²) in [4.78, 5) is 2.28. The van der Waals surface area contributed by atoms with E-state index < -0.39 is 0 Å². The SMILES string of the molecule is Cc1ccc(C(=CN(c2ccccc2)c2ccc(/C=C/C=C(c3ccccc3)c3ccccc3)cc2)c2ccc(C)cc2)cc1. The largest absolute Gasteiger partial charge is 0.317 e. The maximum atomic E-state index is 2.28. The van der Waals surface area contributed by atoms with Crippen molar-refractivity contribution in [3.8, 4) is 0 Å². The average Bonchev–Trinajstić information content (AvgIpc) is 3.10. The molecule has 45 heavy (non-hydrogen) atoms. The molecule has 0 heterocycles. The van der Waals surface area contributed by atoms with Crippen molar-refractivity contribution in [1.82, 2.24) is 0 Å². The third kappa shape index (κ3) is 7.47. The van der Waals surface area contributed by atoms with Crippen LogP contribution in [0.2, 0.25) is 0 Å². The fraction of sp³-hybridized carbons (Fsp3) is 0.0455. The predicted molar refractivity (Wildman–Crippen MR) is 193 cm³/mol. The number of nitrogens with zero attached hydrogens (tertiary/aromatic N) is 1. The van der Waals surface area contributed by atoms with Gasteiger partial charge in [-0.25, -0.2) is 0 Å². The van der Waals surface area contributed by atoms with Crippen LogP contribution in [0, 0.1) is 13.8 Å². The monoisotopic (exact) mass is 579 g/mol. The minimum absolute atomic E-state index is 1.10. The van der Waals surface area contributed by atoms with Crippen molar-refractivity contribution >= 4 is 28.6 Å². The highest BCUT2D eigenvalue weighted by atomic mass is 15.1. The van der Waals surface area contributed by atoms with Gasteiger partial charge in [0.15, 0.2) is 0 Å². The van der Waals surface area contributed by atoms with E-state index >= 15 is 0 Å². The molecule has 0 unspecified atom stereocenters. The molecule has 0 aliphatic heterocycles. The molecule has 0 aliphatic carbocycles. The van der Waals surface area contributed by atoms with Crippen LogP contribution in [-0.2, 0) is 0 Å². The number of hydrogen-bond acceptors (Lipinski definition) is 1. The molecule has 0 bridgehead atoms. The first-order valence-corrected chi connectivity index (χ1v) is 15.4. The van der Waals surface area contributed by atoms with Gasteiger partial charge in [0.2, 0.25) is 0 Å². The van der Waals surface area contributed by atoms with E-state index in [1.54, 1.807) is 0 Å². The second-order valence-corrected chi connectivity index (χ2v) is 11.2. The third-order valence-corrected chi connectivity index (χ3v) is 7.91. The van der Waals surface area contributed by atoms with Crippen LogP contribution in [0.5, 0.6) is 0 Å². The molecule has 0 atom stereocenters. The van der Waals surface area contributed by atoms with Crippen LogP contribution in [0.4, 0.5) is 11.4 Å². The number of anilines is 2. The number of aryl methyl sites for hydroxylation is 2. The van der Waals surface area contributed by atoms with Gasteiger partial charge in [0.1, 0.15) is 0 Å². The highest BCUT2D eigenvalue weighted by molar-refractivity contribution is 5.84. The maximum absolute atomic E-state index is 2.28. The van der Waals surface area contributed by atoms with Crippen LogP contribution in [0.25, 0.3) is 17.2 Å². The molecular formula is C44H37N. The first-order chi connectivity index (χ1) is 22.1. The quantitative estimate of drug-likeness (QED) is 0.154. The van der Waals surface area contributed by atoms with Crippen LogP contribution in [-0.4, -0.2) is 0 Å². The van der Waals surface area contributed by atoms with Crippen molar-refractivity contribution in [3.05, 3.63) is 221 Å². The lowest BCUT2D eigenvalue weighted by Gasteiger charge is -2.23. The Balaban J connectivity index is 1.35. The van der Waals surface area contributed by atoms with Crippen molar-refractivity contribution in [2.45, 2.75) is 13.8 Å². The van der Waals surface area contributed by atoms with Crippen LogP contribution < -0.4 is 4.90 Å². The molecule has 0 aliphatic rings. The lowest BCUT2D eigenvalue weighted by atomic mass is 9.96. The van der Waals surface area contributed by atoms with E-state index in [2.05, 4.69) is 207 Å². The van der Waals surface area contributed by atoms with Crippen molar-refractivity contribution in [2.24, 2.45) is 0 Å². The van der Waals surface area contributed by atoms with Crippen LogP contribution >= 0.6 is 0 Å². The summed E-state index contributed by atoms with van der Waals surface area (Å²) >= 11 is 0. The van der Waals surface area contributed by atoms with E-state index in [9.17, 15) is 0 Å². The van der Waals surface area contributed by atoms with Gasteiger partial charge in [-0.15, -0.1) is 0 Å². The Kier molecular flexibility index (Phi) is 9.29. The predicted octanol–water partition coefficient (Wildman–Crippen LogP) is 11.7. The lowest BCUT2D eigenvalue weighted by molar-refractivity contribution is 1.28. The molecule has 218 valence electrons. The first-order valence-electron chi connectivity index (χ1n) is 15.4. The average molecular weight is 580 g/mol. The Morgan fingerprint density at radius 1 is 0.422 bits per heavy atom. The van der Waals surface area contributed by atoms with Crippen molar-refractivity contribution < 1.29 is 0 Å². The number of benzene rings is 6. The normalized spacial score (nSPS) is 10.8. The van der Waals surface area contributed by atoms with E-state index in [4.69, 9.17) is 0 Å². The van der Waals surface area contributed by atoms with Crippen molar-refractivity contribution in [2.75, 3.05) is 4.90 Å². The molecule has 1 nitrogen and oxygen atoms in total. The highest BCUT2D eigenvalue weighted by Gasteiger charge is 2.12. The topological polar surface area (TPSA) is 3.24 Å². The molecule has 6 rings (SSSR count). The van der Waals surface area contributed by atoms with Crippen molar-refractivity contribution in [1.29, 1.82) is 0 Å². The molecule has 1 heteroatoms. The molecule has 6 aromatic carbocycles. The summed E-state index contributed by atoms with van der Waals surface area (Å²) in [5, 5.41) is 0. The van der Waals surface area contributed by atoms with Gasteiger partial charge in [-0.2, -0.15) is 0 Å². The summed E-state index contributed by atoms with van der Waals surface area (Å²) in [6.45, 7) is 4.26. The second-order valence-electron chi connectivity index (χ2n) is 11.2. The zero-order chi connectivity index (χ0) is 30.8. The minimum atomic E-state index is 1.10. The molecular weight excluding hydrogens is 542 g/mol. The molecule has 0 radical (unpaired) electrons. The van der Waals surface area contributed by atoms with E-state index in [1.807, 2.05) is 0 Å². The second kappa shape index (κ2) is 14.2. The molecule has 0 aromatic heterocycles. The van der Waals surface area contributed by atoms with Crippen LogP contribution in [0.3, 0.4) is 0 Å². The molecule has 0 fully saturated rings. The third-order valence-electron chi connectivity index (χ3n) is 7.91. The van der Waals surface area contributed by atoms with Gasteiger partial charge in [0.05, 0.1) is 0 Å². The zero-order valence-corrected chi connectivity index (χ0v) is 25.8. The summed E-state index contributed by atoms with van der Waals surface area (Å²) < 4.78 is 0. The van der Waals surface area contributed by atoms with Gasteiger partial charge in [-0.1, -0.05) is 169 Å². The molecule has 0 saturated carbocycles. The highest BCUT2D eigenvalue weighted by Crippen LogP contribution is 2.32.